The first-order valence-corrected chi connectivity index (χ1v) is 7.92. The molecule has 0 spiro atoms. The van der Waals surface area contributed by atoms with E-state index < -0.39 is 45.1 Å². The molecule has 1 aromatic rings. The Kier molecular flexibility index (Phi) is 5.46. The maximum Gasteiger partial charge on any atom is 0.341 e. The van der Waals surface area contributed by atoms with Crippen LogP contribution < -0.4 is 0 Å². The number of Topliss-reactive ketones (excluding diaryl/α,β-unsaturated/α-hetero) is 1. The summed E-state index contributed by atoms with van der Waals surface area (Å²) in [5.74, 6) is -4.66. The van der Waals surface area contributed by atoms with E-state index >= 15 is 0 Å². The van der Waals surface area contributed by atoms with Crippen LogP contribution in [-0.2, 0) is 23.9 Å². The number of rotatable bonds is 4. The summed E-state index contributed by atoms with van der Waals surface area (Å²) in [6.07, 6.45) is 1.22. The lowest BCUT2D eigenvalue weighted by atomic mass is 9.77. The van der Waals surface area contributed by atoms with Crippen LogP contribution in [0.15, 0.2) is 29.8 Å². The van der Waals surface area contributed by atoms with Gasteiger partial charge in [-0.2, -0.15) is 0 Å². The highest BCUT2D eigenvalue weighted by Crippen LogP contribution is 2.45. The molecule has 0 saturated heterocycles. The number of hydrogen-bond donors (Lipinski definition) is 0. The van der Waals surface area contributed by atoms with Crippen molar-refractivity contribution in [1.29, 1.82) is 0 Å². The van der Waals surface area contributed by atoms with Gasteiger partial charge >= 0.3 is 11.9 Å². The molecule has 0 fully saturated rings. The molecule has 0 unspecified atom stereocenters. The highest BCUT2D eigenvalue weighted by molar-refractivity contribution is 6.51. The lowest BCUT2D eigenvalue weighted by molar-refractivity contribution is -0.522. The number of nitro groups is 1. The van der Waals surface area contributed by atoms with Crippen LogP contribution in [0, 0.1) is 10.1 Å². The smallest absolute Gasteiger partial charge is 0.341 e. The molecule has 0 heterocycles. The highest BCUT2D eigenvalue weighted by Gasteiger charge is 2.60. The second kappa shape index (κ2) is 7.25. The van der Waals surface area contributed by atoms with E-state index in [1.54, 1.807) is 18.2 Å². The van der Waals surface area contributed by atoms with Crippen molar-refractivity contribution in [2.75, 3.05) is 14.2 Å². The van der Waals surface area contributed by atoms with Crippen molar-refractivity contribution >= 4 is 35.4 Å². The largest absolute Gasteiger partial charge is 0.467 e. The molecule has 3 atom stereocenters. The number of methoxy groups -OCH3 is 2. The number of ether oxygens (including phenoxy) is 2. The van der Waals surface area contributed by atoms with E-state index in [1.807, 2.05) is 0 Å². The predicted molar refractivity (Wildman–Crippen MR) is 91.2 cm³/mol. The Morgan fingerprint density at radius 3 is 2.42 bits per heavy atom. The number of halogens is 1. The number of alkyl halides is 1. The maximum absolute atomic E-state index is 13.0. The topological polar surface area (TPSA) is 113 Å². The molecule has 2 rings (SSSR count). The molecule has 0 aliphatic heterocycles. The molecule has 0 N–H and O–H groups in total. The van der Waals surface area contributed by atoms with E-state index in [1.165, 1.54) is 19.1 Å². The van der Waals surface area contributed by atoms with Crippen LogP contribution in [-0.4, -0.2) is 47.8 Å². The molecule has 1 aromatic carbocycles. The van der Waals surface area contributed by atoms with Gasteiger partial charge in [-0.3, -0.25) is 14.9 Å². The third-order valence-corrected chi connectivity index (χ3v) is 4.90. The molecule has 9 heteroatoms. The minimum atomic E-state index is -2.49. The molecule has 0 amide bonds. The molecule has 0 saturated carbocycles. The number of esters is 2. The predicted octanol–water partition coefficient (Wildman–Crippen LogP) is 1.73. The van der Waals surface area contributed by atoms with Gasteiger partial charge in [0, 0.05) is 11.8 Å². The highest BCUT2D eigenvalue weighted by atomic mass is 35.5. The summed E-state index contributed by atoms with van der Waals surface area (Å²) in [6, 6.07) is 4.88. The zero-order chi connectivity index (χ0) is 19.6. The van der Waals surface area contributed by atoms with Gasteiger partial charge in [0.2, 0.25) is 16.7 Å². The number of benzene rings is 1. The van der Waals surface area contributed by atoms with E-state index in [0.29, 0.717) is 5.56 Å². The lowest BCUT2D eigenvalue weighted by Gasteiger charge is -2.31. The van der Waals surface area contributed by atoms with Gasteiger partial charge < -0.3 is 9.47 Å². The zero-order valence-corrected chi connectivity index (χ0v) is 15.0. The van der Waals surface area contributed by atoms with Crippen molar-refractivity contribution in [2.45, 2.75) is 23.8 Å². The van der Waals surface area contributed by atoms with E-state index in [-0.39, 0.29) is 5.56 Å². The summed E-state index contributed by atoms with van der Waals surface area (Å²) in [4.78, 5) is 46.0. The number of carbonyl (C=O) groups excluding carboxylic acids is 3. The van der Waals surface area contributed by atoms with Gasteiger partial charge in [-0.25, -0.2) is 9.59 Å². The molecule has 0 radical (unpaired) electrons. The van der Waals surface area contributed by atoms with Crippen molar-refractivity contribution in [1.82, 2.24) is 0 Å². The first-order valence-electron chi connectivity index (χ1n) is 7.54. The molecule has 0 bridgehead atoms. The normalized spacial score (nSPS) is 23.2. The molecular weight excluding hydrogens is 366 g/mol. The zero-order valence-electron chi connectivity index (χ0n) is 14.2. The summed E-state index contributed by atoms with van der Waals surface area (Å²) < 4.78 is 9.27. The average Bonchev–Trinajstić information content (AvgIpc) is 2.73. The van der Waals surface area contributed by atoms with E-state index in [0.717, 1.165) is 14.2 Å². The Hall–Kier alpha value is -2.74. The Bertz CT molecular complexity index is 819. The molecule has 0 aromatic heterocycles. The Morgan fingerprint density at radius 1 is 1.27 bits per heavy atom. The fraction of sp³-hybridized carbons (Fsp3) is 0.353. The number of fused-ring (bicyclic) bond motifs is 1. The third kappa shape index (κ3) is 2.96. The van der Waals surface area contributed by atoms with Crippen LogP contribution in [0.1, 0.15) is 24.0 Å². The molecule has 8 nitrogen and oxygen atoms in total. The first-order chi connectivity index (χ1) is 12.2. The molecular formula is C17H16ClNO7. The first kappa shape index (κ1) is 19.6. The van der Waals surface area contributed by atoms with E-state index in [4.69, 9.17) is 11.6 Å². The van der Waals surface area contributed by atoms with Gasteiger partial charge in [-0.1, -0.05) is 35.9 Å². The summed E-state index contributed by atoms with van der Waals surface area (Å²) in [6.45, 7) is 1.23. The van der Waals surface area contributed by atoms with Gasteiger partial charge in [-0.05, 0) is 17.2 Å². The second-order valence-corrected chi connectivity index (χ2v) is 6.31. The maximum atomic E-state index is 13.0. The molecule has 1 aliphatic rings. The van der Waals surface area contributed by atoms with Crippen molar-refractivity contribution in [2.24, 2.45) is 0 Å². The van der Waals surface area contributed by atoms with Crippen LogP contribution in [0.4, 0.5) is 0 Å². The fourth-order valence-electron chi connectivity index (χ4n) is 3.04. The Labute approximate surface area is 153 Å². The van der Waals surface area contributed by atoms with Crippen LogP contribution in [0.5, 0.6) is 0 Å². The number of carbonyl (C=O) groups is 3. The van der Waals surface area contributed by atoms with E-state index in [2.05, 4.69) is 9.47 Å². The second-order valence-electron chi connectivity index (χ2n) is 5.71. The van der Waals surface area contributed by atoms with Gasteiger partial charge in [0.1, 0.15) is 5.57 Å². The Balaban J connectivity index is 2.88. The van der Waals surface area contributed by atoms with Crippen LogP contribution in [0.3, 0.4) is 0 Å². The van der Waals surface area contributed by atoms with Crippen LogP contribution >= 0.6 is 11.6 Å². The lowest BCUT2D eigenvalue weighted by Crippen LogP contribution is -2.52. The molecule has 138 valence electrons. The number of ketones is 1. The average molecular weight is 382 g/mol. The van der Waals surface area contributed by atoms with Crippen molar-refractivity contribution in [3.63, 3.8) is 0 Å². The number of nitrogens with zero attached hydrogens (tertiary/aromatic N) is 1. The summed E-state index contributed by atoms with van der Waals surface area (Å²) in [5, 5.41) is 11.5. The van der Waals surface area contributed by atoms with Crippen molar-refractivity contribution in [3.05, 3.63) is 51.1 Å². The minimum absolute atomic E-state index is 0.282. The van der Waals surface area contributed by atoms with E-state index in [9.17, 15) is 24.5 Å². The summed E-state index contributed by atoms with van der Waals surface area (Å²) in [5.41, 5.74) is 0.147. The van der Waals surface area contributed by atoms with Crippen molar-refractivity contribution in [3.8, 4) is 0 Å². The molecule has 1 aliphatic carbocycles. The van der Waals surface area contributed by atoms with Gasteiger partial charge in [0.15, 0.2) is 0 Å². The summed E-state index contributed by atoms with van der Waals surface area (Å²) >= 11 is 6.43. The van der Waals surface area contributed by atoms with Crippen molar-refractivity contribution < 1.29 is 28.8 Å². The third-order valence-electron chi connectivity index (χ3n) is 4.34. The summed E-state index contributed by atoms with van der Waals surface area (Å²) in [7, 11) is 2.07. The van der Waals surface area contributed by atoms with Gasteiger partial charge in [0.25, 0.3) is 0 Å². The monoisotopic (exact) mass is 381 g/mol. The van der Waals surface area contributed by atoms with Gasteiger partial charge in [0.05, 0.1) is 20.1 Å². The number of hydrogen-bond acceptors (Lipinski definition) is 7. The minimum Gasteiger partial charge on any atom is -0.467 e. The standard InChI is InChI=1S/C17H16ClNO7/c1-9(19(23)24)13-11-7-5-4-6-10(11)8-12(15(21)25-2)14(20)17(13,18)16(22)26-3/h4-9,13H,1-3H3/t9-,13-,17+/m0/s1. The van der Waals surface area contributed by atoms with Gasteiger partial charge in [-0.15, -0.1) is 0 Å². The fourth-order valence-corrected chi connectivity index (χ4v) is 3.52. The van der Waals surface area contributed by atoms with Crippen LogP contribution in [0.2, 0.25) is 0 Å². The Morgan fingerprint density at radius 2 is 1.88 bits per heavy atom. The quantitative estimate of drug-likeness (QED) is 0.195. The van der Waals surface area contributed by atoms with Crippen LogP contribution in [0.25, 0.3) is 6.08 Å². The SMILES string of the molecule is COC(=O)C1=Cc2ccccc2[C@H]([C@H](C)[N+](=O)[O-])[C@](Cl)(C(=O)OC)C1=O. The molecule has 26 heavy (non-hydrogen) atoms.